The molecule has 0 bridgehead atoms. The molecule has 1 aliphatic carbocycles. The first-order valence-corrected chi connectivity index (χ1v) is 15.5. The number of ether oxygens (including phenoxy) is 1. The van der Waals surface area contributed by atoms with Crippen LogP contribution in [0.2, 0.25) is 0 Å². The maximum Gasteiger partial charge on any atom is 0.407 e. The summed E-state index contributed by atoms with van der Waals surface area (Å²) in [5, 5.41) is 17.2. The van der Waals surface area contributed by atoms with E-state index in [4.69, 9.17) is 9.72 Å². The number of aromatic nitrogens is 2. The fourth-order valence-electron chi connectivity index (χ4n) is 6.18. The highest BCUT2D eigenvalue weighted by Crippen LogP contribution is 2.31. The highest BCUT2D eigenvalue weighted by Gasteiger charge is 2.30. The van der Waals surface area contributed by atoms with Gasteiger partial charge < -0.3 is 30.3 Å². The zero-order valence-electron chi connectivity index (χ0n) is 25.3. The van der Waals surface area contributed by atoms with Gasteiger partial charge in [-0.2, -0.15) is 0 Å². The minimum Gasteiger partial charge on any atom is -0.465 e. The van der Waals surface area contributed by atoms with Gasteiger partial charge in [-0.1, -0.05) is 18.2 Å². The number of hydrogen-bond donors (Lipinski definition) is 3. The van der Waals surface area contributed by atoms with Crippen molar-refractivity contribution in [3.8, 4) is 11.3 Å². The molecule has 10 heteroatoms. The quantitative estimate of drug-likeness (QED) is 0.287. The number of benzene rings is 1. The molecule has 2 aliphatic rings. The van der Waals surface area contributed by atoms with Crippen LogP contribution in [0, 0.1) is 11.8 Å². The van der Waals surface area contributed by atoms with Crippen molar-refractivity contribution in [2.24, 2.45) is 11.8 Å². The van der Waals surface area contributed by atoms with E-state index in [2.05, 4.69) is 20.5 Å². The van der Waals surface area contributed by atoms with E-state index in [1.54, 1.807) is 11.1 Å². The van der Waals surface area contributed by atoms with Gasteiger partial charge in [0.05, 0.1) is 16.8 Å². The Balaban J connectivity index is 1.19. The molecule has 43 heavy (non-hydrogen) atoms. The van der Waals surface area contributed by atoms with E-state index in [9.17, 15) is 14.7 Å². The summed E-state index contributed by atoms with van der Waals surface area (Å²) in [5.74, 6) is 1.44. The van der Waals surface area contributed by atoms with Crippen molar-refractivity contribution < 1.29 is 19.4 Å². The maximum atomic E-state index is 13.5. The Hall–Kier alpha value is -3.76. The number of anilines is 1. The molecule has 10 nitrogen and oxygen atoms in total. The number of pyridine rings is 2. The fraction of sp³-hybridized carbons (Fsp3) is 0.515. The van der Waals surface area contributed by atoms with E-state index in [1.807, 2.05) is 56.6 Å². The van der Waals surface area contributed by atoms with E-state index in [-0.39, 0.29) is 11.9 Å². The van der Waals surface area contributed by atoms with Gasteiger partial charge in [-0.05, 0) is 88.7 Å². The van der Waals surface area contributed by atoms with Gasteiger partial charge in [0.1, 0.15) is 5.82 Å². The second-order valence-electron chi connectivity index (χ2n) is 12.1. The van der Waals surface area contributed by atoms with Gasteiger partial charge in [0.2, 0.25) is 0 Å². The molecule has 3 N–H and O–H groups in total. The molecule has 1 aliphatic heterocycles. The van der Waals surface area contributed by atoms with Crippen LogP contribution in [-0.2, 0) is 4.74 Å². The summed E-state index contributed by atoms with van der Waals surface area (Å²) in [4.78, 5) is 38.6. The molecule has 3 aromatic rings. The number of hydrogen-bond acceptors (Lipinski definition) is 7. The van der Waals surface area contributed by atoms with Gasteiger partial charge in [0.15, 0.2) is 0 Å². The largest absolute Gasteiger partial charge is 0.465 e. The molecule has 2 aromatic heterocycles. The number of carbonyl (C=O) groups is 2. The van der Waals surface area contributed by atoms with Crippen molar-refractivity contribution >= 4 is 28.7 Å². The van der Waals surface area contributed by atoms with Crippen LogP contribution in [-0.4, -0.2) is 96.4 Å². The number of carboxylic acid groups (broad SMARTS) is 1. The van der Waals surface area contributed by atoms with Crippen LogP contribution < -0.4 is 10.6 Å². The van der Waals surface area contributed by atoms with Gasteiger partial charge in [0.25, 0.3) is 5.91 Å². The molecular weight excluding hydrogens is 544 g/mol. The minimum absolute atomic E-state index is 0.0572. The van der Waals surface area contributed by atoms with Crippen molar-refractivity contribution in [3.63, 3.8) is 0 Å². The predicted octanol–water partition coefficient (Wildman–Crippen LogP) is 4.97. The maximum absolute atomic E-state index is 13.5. The average molecular weight is 589 g/mol. The first-order chi connectivity index (χ1) is 20.9. The number of rotatable bonds is 11. The van der Waals surface area contributed by atoms with Gasteiger partial charge >= 0.3 is 6.09 Å². The Bertz CT molecular complexity index is 1370. The Labute approximate surface area is 253 Å². The van der Waals surface area contributed by atoms with E-state index >= 15 is 0 Å². The lowest BCUT2D eigenvalue weighted by atomic mass is 9.81. The number of nitrogens with one attached hydrogen (secondary N) is 2. The normalized spacial score (nSPS) is 19.3. The third-order valence-corrected chi connectivity index (χ3v) is 8.74. The molecule has 0 radical (unpaired) electrons. The summed E-state index contributed by atoms with van der Waals surface area (Å²) in [7, 11) is 4.07. The summed E-state index contributed by atoms with van der Waals surface area (Å²) >= 11 is 0. The van der Waals surface area contributed by atoms with Gasteiger partial charge in [-0.15, -0.1) is 0 Å². The van der Waals surface area contributed by atoms with Crippen molar-refractivity contribution in [1.29, 1.82) is 0 Å². The second kappa shape index (κ2) is 14.6. The Morgan fingerprint density at radius 2 is 1.74 bits per heavy atom. The first kappa shape index (κ1) is 30.7. The highest BCUT2D eigenvalue weighted by molar-refractivity contribution is 6.07. The van der Waals surface area contributed by atoms with Crippen molar-refractivity contribution in [3.05, 3.63) is 54.2 Å². The van der Waals surface area contributed by atoms with Crippen molar-refractivity contribution in [2.75, 3.05) is 58.8 Å². The van der Waals surface area contributed by atoms with Crippen LogP contribution in [0.15, 0.2) is 48.7 Å². The predicted molar refractivity (Wildman–Crippen MR) is 168 cm³/mol. The Morgan fingerprint density at radius 1 is 1.00 bits per heavy atom. The molecule has 1 saturated carbocycles. The molecule has 0 unspecified atom stereocenters. The first-order valence-electron chi connectivity index (χ1n) is 15.5. The van der Waals surface area contributed by atoms with Crippen LogP contribution in [0.3, 0.4) is 0 Å². The van der Waals surface area contributed by atoms with Crippen LogP contribution in [0.4, 0.5) is 10.6 Å². The van der Waals surface area contributed by atoms with E-state index in [1.165, 1.54) is 0 Å². The zero-order valence-corrected chi connectivity index (χ0v) is 25.3. The van der Waals surface area contributed by atoms with Crippen LogP contribution >= 0.6 is 0 Å². The van der Waals surface area contributed by atoms with Crippen LogP contribution in [0.25, 0.3) is 22.2 Å². The average Bonchev–Trinajstić information content (AvgIpc) is 3.03. The summed E-state index contributed by atoms with van der Waals surface area (Å²) in [6.07, 6.45) is 6.43. The summed E-state index contributed by atoms with van der Waals surface area (Å²) in [5.41, 5.74) is 2.94. The molecule has 2 amide bonds. The molecule has 2 fully saturated rings. The molecular formula is C33H44N6O4. The highest BCUT2D eigenvalue weighted by atomic mass is 16.5. The fourth-order valence-corrected chi connectivity index (χ4v) is 6.18. The standard InChI is InChI=1S/C33H44N6O4/c1-38(2)16-15-34-31-12-11-25(21-35-31)30-19-28(27-5-3-4-6-29(27)37-30)32(40)36-20-23-7-9-24(10-8-23)22-39(33(41)42)26-13-17-43-18-14-26/h3-6,11-12,19,21,23-24,26H,7-10,13-18,20,22H2,1-2H3,(H,34,35)(H,36,40)(H,41,42). The molecule has 230 valence electrons. The summed E-state index contributed by atoms with van der Waals surface area (Å²) in [6.45, 7) is 4.17. The molecule has 5 rings (SSSR count). The number of carbonyl (C=O) groups excluding carboxylic acids is 1. The third kappa shape index (κ3) is 8.20. The number of likely N-dealkylation sites (N-methyl/N-ethyl adjacent to an activating group) is 1. The van der Waals surface area contributed by atoms with Gasteiger partial charge in [-0.3, -0.25) is 4.79 Å². The Kier molecular flexibility index (Phi) is 10.4. The van der Waals surface area contributed by atoms with Crippen molar-refractivity contribution in [1.82, 2.24) is 25.1 Å². The number of amides is 2. The Morgan fingerprint density at radius 3 is 2.44 bits per heavy atom. The molecule has 3 heterocycles. The van der Waals surface area contributed by atoms with Gasteiger partial charge in [-0.25, -0.2) is 14.8 Å². The lowest BCUT2D eigenvalue weighted by molar-refractivity contribution is 0.0277. The van der Waals surface area contributed by atoms with Gasteiger partial charge in [0, 0.05) is 62.6 Å². The number of fused-ring (bicyclic) bond motifs is 1. The summed E-state index contributed by atoms with van der Waals surface area (Å²) < 4.78 is 5.42. The second-order valence-corrected chi connectivity index (χ2v) is 12.1. The van der Waals surface area contributed by atoms with Crippen LogP contribution in [0.5, 0.6) is 0 Å². The lowest BCUT2D eigenvalue weighted by Crippen LogP contribution is -2.45. The molecule has 0 spiro atoms. The van der Waals surface area contributed by atoms with E-state index < -0.39 is 6.09 Å². The summed E-state index contributed by atoms with van der Waals surface area (Å²) in [6, 6.07) is 13.6. The van der Waals surface area contributed by atoms with E-state index in [0.717, 1.165) is 73.9 Å². The monoisotopic (exact) mass is 588 g/mol. The zero-order chi connectivity index (χ0) is 30.2. The molecule has 1 saturated heterocycles. The molecule has 1 aromatic carbocycles. The minimum atomic E-state index is -0.825. The number of para-hydroxylation sites is 1. The number of nitrogens with zero attached hydrogens (tertiary/aromatic N) is 4. The van der Waals surface area contributed by atoms with Crippen molar-refractivity contribution in [2.45, 2.75) is 44.6 Å². The van der Waals surface area contributed by atoms with E-state index in [0.29, 0.717) is 49.4 Å². The smallest absolute Gasteiger partial charge is 0.407 e. The topological polar surface area (TPSA) is 120 Å². The van der Waals surface area contributed by atoms with Crippen LogP contribution in [0.1, 0.15) is 48.9 Å². The third-order valence-electron chi connectivity index (χ3n) is 8.74. The lowest BCUT2D eigenvalue weighted by Gasteiger charge is -2.37. The SMILES string of the molecule is CN(C)CCNc1ccc(-c2cc(C(=O)NCC3CCC(CN(C(=O)O)C4CCOCC4)CC3)c3ccccc3n2)cn1. The molecule has 0 atom stereocenters.